The second-order valence-corrected chi connectivity index (χ2v) is 27.7. The van der Waals surface area contributed by atoms with Crippen LogP contribution < -0.4 is 0 Å². The van der Waals surface area contributed by atoms with Gasteiger partial charge in [0.05, 0.1) is 34.4 Å². The smallest absolute Gasteiger partial charge is 0.361 e. The molecule has 0 saturated heterocycles. The van der Waals surface area contributed by atoms with E-state index in [2.05, 4.69) is 38.2 Å². The molecule has 9 heteroatoms. The fraction of sp³-hybridized carbons (Fsp3) is 0.910. The lowest BCUT2D eigenvalue weighted by atomic mass is 10.0. The van der Waals surface area contributed by atoms with Crippen LogP contribution in [0.15, 0.2) is 24.3 Å². The molecule has 0 aliphatic rings. The van der Waals surface area contributed by atoms with Crippen molar-refractivity contribution in [3.05, 3.63) is 24.3 Å². The zero-order valence-corrected chi connectivity index (χ0v) is 59.0. The Labute approximate surface area is 541 Å². The van der Waals surface area contributed by atoms with Crippen LogP contribution in [0, 0.1) is 0 Å². The summed E-state index contributed by atoms with van der Waals surface area (Å²) in [5, 5.41) is 9.76. The van der Waals surface area contributed by atoms with Crippen LogP contribution >= 0.6 is 0 Å². The number of esters is 2. The molecule has 1 N–H and O–H groups in total. The van der Waals surface area contributed by atoms with E-state index in [0.717, 1.165) is 38.5 Å². The van der Waals surface area contributed by atoms with E-state index in [1.165, 1.54) is 334 Å². The van der Waals surface area contributed by atoms with Crippen molar-refractivity contribution in [2.75, 3.05) is 47.5 Å². The van der Waals surface area contributed by atoms with Gasteiger partial charge in [-0.25, -0.2) is 4.79 Å². The number of carbonyl (C=O) groups is 3. The van der Waals surface area contributed by atoms with Crippen molar-refractivity contribution in [1.29, 1.82) is 0 Å². The highest BCUT2D eigenvalue weighted by atomic mass is 16.7. The van der Waals surface area contributed by atoms with Crippen molar-refractivity contribution in [1.82, 2.24) is 0 Å². The second-order valence-electron chi connectivity index (χ2n) is 27.7. The summed E-state index contributed by atoms with van der Waals surface area (Å²) in [7, 11) is 6.00. The quantitative estimate of drug-likeness (QED) is 0.0211. The number of unbranched alkanes of at least 4 members (excludes halogenated alkanes) is 54. The molecule has 0 bridgehead atoms. The molecule has 9 nitrogen and oxygen atoms in total. The van der Waals surface area contributed by atoms with Gasteiger partial charge in [0, 0.05) is 12.8 Å². The van der Waals surface area contributed by atoms with Gasteiger partial charge in [-0.1, -0.05) is 346 Å². The van der Waals surface area contributed by atoms with Gasteiger partial charge in [0.15, 0.2) is 6.10 Å². The van der Waals surface area contributed by atoms with Crippen LogP contribution in [0.3, 0.4) is 0 Å². The minimum Gasteiger partial charge on any atom is -0.477 e. The van der Waals surface area contributed by atoms with E-state index in [0.29, 0.717) is 17.4 Å². The summed E-state index contributed by atoms with van der Waals surface area (Å²) < 4.78 is 23.0. The molecule has 0 rings (SSSR count). The van der Waals surface area contributed by atoms with Crippen molar-refractivity contribution in [2.24, 2.45) is 0 Å². The highest BCUT2D eigenvalue weighted by molar-refractivity contribution is 5.71. The highest BCUT2D eigenvalue weighted by Gasteiger charge is 2.25. The van der Waals surface area contributed by atoms with Crippen LogP contribution in [0.25, 0.3) is 0 Å². The molecule has 2 atom stereocenters. The minimum atomic E-state index is -1.51. The third-order valence-corrected chi connectivity index (χ3v) is 17.7. The molecule has 0 amide bonds. The normalized spacial score (nSPS) is 12.7. The average molecular weight is 1230 g/mol. The largest absolute Gasteiger partial charge is 0.477 e. The number of carboxylic acids is 1. The van der Waals surface area contributed by atoms with Crippen LogP contribution in [0.4, 0.5) is 0 Å². The number of hydrogen-bond acceptors (Lipinski definition) is 7. The number of carbonyl (C=O) groups excluding carboxylic acids is 2. The van der Waals surface area contributed by atoms with E-state index in [1.807, 2.05) is 21.1 Å². The van der Waals surface area contributed by atoms with Crippen molar-refractivity contribution in [2.45, 2.75) is 411 Å². The van der Waals surface area contributed by atoms with E-state index in [-0.39, 0.29) is 38.2 Å². The Kier molecular flexibility index (Phi) is 67.9. The molecule has 0 radical (unpaired) electrons. The van der Waals surface area contributed by atoms with E-state index in [1.54, 1.807) is 0 Å². The predicted octanol–water partition coefficient (Wildman–Crippen LogP) is 24.1. The summed E-state index contributed by atoms with van der Waals surface area (Å²) in [6.07, 6.45) is 84.7. The fourth-order valence-electron chi connectivity index (χ4n) is 11.8. The summed E-state index contributed by atoms with van der Waals surface area (Å²) in [5.74, 6) is -1.97. The second kappa shape index (κ2) is 69.7. The van der Waals surface area contributed by atoms with Crippen molar-refractivity contribution in [3.63, 3.8) is 0 Å². The molecule has 514 valence electrons. The Morgan fingerprint density at radius 3 is 0.851 bits per heavy atom. The molecule has 0 aromatic rings. The number of carboxylic acid groups (broad SMARTS) is 1. The molecule has 0 saturated carbocycles. The van der Waals surface area contributed by atoms with Gasteiger partial charge in [-0.3, -0.25) is 9.59 Å². The molecule has 0 aromatic carbocycles. The molecular formula is C78H150NO8+. The Morgan fingerprint density at radius 2 is 0.586 bits per heavy atom. The van der Waals surface area contributed by atoms with Gasteiger partial charge in [-0.2, -0.15) is 0 Å². The predicted molar refractivity (Wildman–Crippen MR) is 374 cm³/mol. The third kappa shape index (κ3) is 71.1. The zero-order valence-electron chi connectivity index (χ0n) is 59.0. The van der Waals surface area contributed by atoms with Gasteiger partial charge in [0.2, 0.25) is 0 Å². The standard InChI is InChI=1S/C78H149NO8/c1-6-8-10-12-14-16-18-20-22-24-26-28-30-32-34-36-37-38-39-41-43-45-47-49-51-53-55-57-59-61-63-65-67-69-76(81)87-74(73-86-78(77(82)83)84-71-70-79(3,4)5)72-85-75(80)68-66-64-62-60-58-56-54-52-50-48-46-44-42-40-35-33-31-29-27-25-23-21-19-17-15-13-11-9-7-2/h24-27,74,78H,6-23,28-73H2,1-5H3/p+1/b26-24-,27-25-. The lowest BCUT2D eigenvalue weighted by Gasteiger charge is -2.25. The number of ether oxygens (including phenoxy) is 4. The van der Waals surface area contributed by atoms with E-state index >= 15 is 0 Å². The Morgan fingerprint density at radius 1 is 0.333 bits per heavy atom. The van der Waals surface area contributed by atoms with Crippen molar-refractivity contribution >= 4 is 17.9 Å². The maximum Gasteiger partial charge on any atom is 0.361 e. The lowest BCUT2D eigenvalue weighted by Crippen LogP contribution is -2.40. The first kappa shape index (κ1) is 84.8. The summed E-state index contributed by atoms with van der Waals surface area (Å²) in [4.78, 5) is 37.7. The summed E-state index contributed by atoms with van der Waals surface area (Å²) in [6.45, 7) is 4.96. The zero-order chi connectivity index (χ0) is 63.3. The number of rotatable bonds is 73. The van der Waals surface area contributed by atoms with Gasteiger partial charge >= 0.3 is 17.9 Å². The third-order valence-electron chi connectivity index (χ3n) is 17.7. The Hall–Kier alpha value is -2.23. The minimum absolute atomic E-state index is 0.175. The Balaban J connectivity index is 4.00. The van der Waals surface area contributed by atoms with Gasteiger partial charge in [0.1, 0.15) is 13.2 Å². The van der Waals surface area contributed by atoms with Crippen LogP contribution in [0.2, 0.25) is 0 Å². The lowest BCUT2D eigenvalue weighted by molar-refractivity contribution is -0.870. The average Bonchev–Trinajstić information content (AvgIpc) is 3.59. The first-order valence-electron chi connectivity index (χ1n) is 38.5. The van der Waals surface area contributed by atoms with Gasteiger partial charge < -0.3 is 28.5 Å². The van der Waals surface area contributed by atoms with Gasteiger partial charge in [-0.15, -0.1) is 0 Å². The van der Waals surface area contributed by atoms with Gasteiger partial charge in [-0.05, 0) is 64.2 Å². The molecule has 2 unspecified atom stereocenters. The van der Waals surface area contributed by atoms with E-state index in [4.69, 9.17) is 18.9 Å². The molecule has 87 heavy (non-hydrogen) atoms. The molecule has 0 aliphatic heterocycles. The molecule has 0 heterocycles. The van der Waals surface area contributed by atoms with Crippen LogP contribution in [-0.2, 0) is 33.3 Å². The number of allylic oxidation sites excluding steroid dienone is 4. The van der Waals surface area contributed by atoms with Crippen LogP contribution in [0.5, 0.6) is 0 Å². The molecule has 0 aliphatic carbocycles. The number of quaternary nitrogens is 1. The SMILES string of the molecule is CCCCCCCCCC/C=C\CCCCCCCCCCCCCCCCCCCCCCCC(=O)OC(COC(=O)CCCCCCCCCCCCCCCCCCC/C=C\CCCCCCCCCC)COC(OCC[N+](C)(C)C)C(=O)O. The summed E-state index contributed by atoms with van der Waals surface area (Å²) in [5.41, 5.74) is 0. The van der Waals surface area contributed by atoms with Crippen molar-refractivity contribution in [3.8, 4) is 0 Å². The van der Waals surface area contributed by atoms with E-state index < -0.39 is 18.4 Å². The first-order chi connectivity index (χ1) is 42.6. The maximum absolute atomic E-state index is 13.0. The highest BCUT2D eigenvalue weighted by Crippen LogP contribution is 2.19. The van der Waals surface area contributed by atoms with Gasteiger partial charge in [0.25, 0.3) is 6.29 Å². The number of likely N-dealkylation sites (N-methyl/N-ethyl adjacent to an activating group) is 1. The van der Waals surface area contributed by atoms with E-state index in [9.17, 15) is 19.5 Å². The molecule has 0 fully saturated rings. The van der Waals surface area contributed by atoms with Crippen LogP contribution in [0.1, 0.15) is 399 Å². The first-order valence-corrected chi connectivity index (χ1v) is 38.5. The monoisotopic (exact) mass is 1230 g/mol. The molecule has 0 aromatic heterocycles. The van der Waals surface area contributed by atoms with Crippen LogP contribution in [-0.4, -0.2) is 87.4 Å². The summed E-state index contributed by atoms with van der Waals surface area (Å²) >= 11 is 0. The van der Waals surface area contributed by atoms with Crippen molar-refractivity contribution < 1.29 is 42.9 Å². The molecular weight excluding hydrogens is 1080 g/mol. The molecule has 0 spiro atoms. The number of nitrogens with zero attached hydrogens (tertiary/aromatic N) is 1. The summed E-state index contributed by atoms with van der Waals surface area (Å²) in [6, 6.07) is 0. The maximum atomic E-state index is 13.0. The Bertz CT molecular complexity index is 1480. The number of aliphatic carboxylic acids is 1. The number of hydrogen-bond donors (Lipinski definition) is 1. The fourth-order valence-corrected chi connectivity index (χ4v) is 11.8. The topological polar surface area (TPSA) is 108 Å².